The number of hydrogen-bond donors (Lipinski definition) is 0. The van der Waals surface area contributed by atoms with Gasteiger partial charge in [0.2, 0.25) is 0 Å². The molecule has 16 heavy (non-hydrogen) atoms. The van der Waals surface area contributed by atoms with Crippen molar-refractivity contribution >= 4 is 6.08 Å². The predicted octanol–water partition coefficient (Wildman–Crippen LogP) is 2.99. The van der Waals surface area contributed by atoms with Crippen molar-refractivity contribution < 1.29 is 4.74 Å². The summed E-state index contributed by atoms with van der Waals surface area (Å²) >= 11 is 0. The van der Waals surface area contributed by atoms with E-state index in [9.17, 15) is 0 Å². The first kappa shape index (κ1) is 12.7. The van der Waals surface area contributed by atoms with Gasteiger partial charge in [-0.2, -0.15) is 5.10 Å². The van der Waals surface area contributed by atoms with E-state index in [-0.39, 0.29) is 0 Å². The van der Waals surface area contributed by atoms with Crippen LogP contribution in [-0.2, 0) is 4.74 Å². The van der Waals surface area contributed by atoms with Gasteiger partial charge in [0.1, 0.15) is 0 Å². The lowest BCUT2D eigenvalue weighted by Crippen LogP contribution is -2.30. The van der Waals surface area contributed by atoms with Crippen LogP contribution >= 0.6 is 0 Å². The molecule has 1 saturated heterocycles. The Hall–Kier alpha value is -1.35. The quantitative estimate of drug-likeness (QED) is 0.732. The van der Waals surface area contributed by atoms with Crippen molar-refractivity contribution in [3.05, 3.63) is 36.2 Å². The molecule has 0 radical (unpaired) electrons. The molecule has 1 aliphatic heterocycles. The van der Waals surface area contributed by atoms with Crippen molar-refractivity contribution in [3.63, 3.8) is 0 Å². The maximum Gasteiger partial charge on any atom is 0.0985 e. The summed E-state index contributed by atoms with van der Waals surface area (Å²) in [6.07, 6.45) is 7.69. The average molecular weight is 220 g/mol. The van der Waals surface area contributed by atoms with Gasteiger partial charge in [0.25, 0.3) is 0 Å². The Labute approximate surface area is 97.4 Å². The molecule has 0 aromatic carbocycles. The van der Waals surface area contributed by atoms with Crippen molar-refractivity contribution in [3.8, 4) is 0 Å². The van der Waals surface area contributed by atoms with Crippen LogP contribution in [0.25, 0.3) is 6.08 Å². The van der Waals surface area contributed by atoms with Gasteiger partial charge < -0.3 is 4.74 Å². The van der Waals surface area contributed by atoms with E-state index < -0.39 is 0 Å². The lowest BCUT2D eigenvalue weighted by molar-refractivity contribution is -0.0287. The molecule has 1 aliphatic rings. The van der Waals surface area contributed by atoms with E-state index in [4.69, 9.17) is 4.74 Å². The summed E-state index contributed by atoms with van der Waals surface area (Å²) in [5.41, 5.74) is 2.20. The number of ether oxygens (including phenoxy) is 1. The third-order valence-electron chi connectivity index (χ3n) is 2.34. The van der Waals surface area contributed by atoms with Crippen LogP contribution in [0.4, 0.5) is 0 Å². The van der Waals surface area contributed by atoms with E-state index in [1.165, 1.54) is 5.56 Å². The van der Waals surface area contributed by atoms with Crippen molar-refractivity contribution in [2.24, 2.45) is 0 Å². The molecule has 1 fully saturated rings. The molecule has 0 spiro atoms. The van der Waals surface area contributed by atoms with E-state index in [0.717, 1.165) is 18.9 Å². The van der Waals surface area contributed by atoms with Crippen LogP contribution in [0, 0.1) is 6.92 Å². The van der Waals surface area contributed by atoms with Crippen LogP contribution in [0.5, 0.6) is 0 Å². The first-order chi connectivity index (χ1) is 7.81. The highest BCUT2D eigenvalue weighted by Gasteiger charge is 2.21. The van der Waals surface area contributed by atoms with E-state index in [1.807, 2.05) is 30.7 Å². The topological polar surface area (TPSA) is 27.1 Å². The van der Waals surface area contributed by atoms with Gasteiger partial charge in [-0.1, -0.05) is 32.6 Å². The number of aryl methyl sites for hydroxylation is 1. The van der Waals surface area contributed by atoms with Crippen molar-refractivity contribution in [2.75, 3.05) is 13.2 Å². The molecule has 0 bridgehead atoms. The molecule has 0 unspecified atom stereocenters. The maximum absolute atomic E-state index is 5.12. The van der Waals surface area contributed by atoms with Gasteiger partial charge in [0.15, 0.2) is 0 Å². The molecular formula is C13H20N2O. The molecular weight excluding hydrogens is 200 g/mol. The highest BCUT2D eigenvalue weighted by atomic mass is 16.5. The fourth-order valence-electron chi connectivity index (χ4n) is 1.38. The van der Waals surface area contributed by atoms with Crippen LogP contribution < -0.4 is 0 Å². The third kappa shape index (κ3) is 2.83. The number of nitrogens with zero attached hydrogens (tertiary/aromatic N) is 2. The molecule has 3 nitrogen and oxygen atoms in total. The second-order valence-electron chi connectivity index (χ2n) is 3.46. The van der Waals surface area contributed by atoms with Crippen molar-refractivity contribution in [2.45, 2.75) is 26.8 Å². The lowest BCUT2D eigenvalue weighted by atomic mass is 10.2. The molecule has 0 aliphatic carbocycles. The molecule has 0 N–H and O–H groups in total. The van der Waals surface area contributed by atoms with Gasteiger partial charge in [0, 0.05) is 6.20 Å². The van der Waals surface area contributed by atoms with E-state index in [2.05, 4.69) is 24.8 Å². The zero-order valence-corrected chi connectivity index (χ0v) is 10.3. The molecule has 0 atom stereocenters. The minimum absolute atomic E-state index is 0.430. The average Bonchev–Trinajstić information content (AvgIpc) is 2.57. The van der Waals surface area contributed by atoms with Gasteiger partial charge in [-0.15, -0.1) is 0 Å². The normalized spacial score (nSPS) is 15.4. The monoisotopic (exact) mass is 220 g/mol. The van der Waals surface area contributed by atoms with Gasteiger partial charge in [-0.3, -0.25) is 4.68 Å². The molecule has 3 heteroatoms. The van der Waals surface area contributed by atoms with Crippen LogP contribution in [0.2, 0.25) is 0 Å². The first-order valence-electron chi connectivity index (χ1n) is 5.74. The Morgan fingerprint density at radius 2 is 2.19 bits per heavy atom. The predicted molar refractivity (Wildman–Crippen MR) is 67.4 cm³/mol. The smallest absolute Gasteiger partial charge is 0.0985 e. The molecule has 0 amide bonds. The highest BCUT2D eigenvalue weighted by Crippen LogP contribution is 2.18. The minimum Gasteiger partial charge on any atom is -0.377 e. The number of aromatic nitrogens is 2. The van der Waals surface area contributed by atoms with Crippen molar-refractivity contribution in [1.29, 1.82) is 0 Å². The Kier molecular flexibility index (Phi) is 4.99. The Morgan fingerprint density at radius 3 is 2.69 bits per heavy atom. The Bertz CT molecular complexity index is 362. The highest BCUT2D eigenvalue weighted by molar-refractivity contribution is 5.49. The van der Waals surface area contributed by atoms with Gasteiger partial charge >= 0.3 is 0 Å². The summed E-state index contributed by atoms with van der Waals surface area (Å²) in [5.74, 6) is 0. The largest absolute Gasteiger partial charge is 0.377 e. The number of hydrogen-bond acceptors (Lipinski definition) is 2. The van der Waals surface area contributed by atoms with E-state index >= 15 is 0 Å². The summed E-state index contributed by atoms with van der Waals surface area (Å²) in [4.78, 5) is 0. The summed E-state index contributed by atoms with van der Waals surface area (Å²) in [6.45, 7) is 11.3. The third-order valence-corrected chi connectivity index (χ3v) is 2.34. The molecule has 1 aromatic rings. The van der Waals surface area contributed by atoms with Gasteiger partial charge in [-0.25, -0.2) is 0 Å². The molecule has 2 rings (SSSR count). The Balaban J connectivity index is 0.000000606. The fourth-order valence-corrected chi connectivity index (χ4v) is 1.38. The van der Waals surface area contributed by atoms with E-state index in [1.54, 1.807) is 6.08 Å². The lowest BCUT2D eigenvalue weighted by Gasteiger charge is -2.25. The molecule has 2 heterocycles. The molecule has 88 valence electrons. The first-order valence-corrected chi connectivity index (χ1v) is 5.74. The molecule has 1 aromatic heterocycles. The molecule has 0 saturated carbocycles. The standard InChI is InChI=1S/C11H14N2O.C2H6/c1-3-4-5-11-9(2)6-13(12-11)10-7-14-8-10;1-2/h3-6,10H,1,7-8H2,2H3;1-2H3/b5-4-;. The minimum atomic E-state index is 0.430. The van der Waals surface area contributed by atoms with Crippen LogP contribution in [0.1, 0.15) is 31.1 Å². The zero-order chi connectivity index (χ0) is 12.0. The van der Waals surface area contributed by atoms with Gasteiger partial charge in [0.05, 0.1) is 24.9 Å². The maximum atomic E-state index is 5.12. The van der Waals surface area contributed by atoms with Crippen LogP contribution in [0.15, 0.2) is 24.9 Å². The number of rotatable bonds is 3. The SMILES string of the molecule is C=C/C=C\c1nn(C2COC2)cc1C.CC. The van der Waals surface area contributed by atoms with Crippen molar-refractivity contribution in [1.82, 2.24) is 9.78 Å². The second kappa shape index (κ2) is 6.28. The second-order valence-corrected chi connectivity index (χ2v) is 3.46. The van der Waals surface area contributed by atoms with E-state index in [0.29, 0.717) is 6.04 Å². The summed E-state index contributed by atoms with van der Waals surface area (Å²) in [7, 11) is 0. The summed E-state index contributed by atoms with van der Waals surface area (Å²) in [6, 6.07) is 0.430. The zero-order valence-electron chi connectivity index (χ0n) is 10.3. The van der Waals surface area contributed by atoms with Gasteiger partial charge in [-0.05, 0) is 18.6 Å². The summed E-state index contributed by atoms with van der Waals surface area (Å²) in [5, 5.41) is 4.47. The summed E-state index contributed by atoms with van der Waals surface area (Å²) < 4.78 is 7.11. The fraction of sp³-hybridized carbons (Fsp3) is 0.462. The number of allylic oxidation sites excluding steroid dienone is 2. The Morgan fingerprint density at radius 1 is 1.50 bits per heavy atom. The van der Waals surface area contributed by atoms with Crippen LogP contribution in [-0.4, -0.2) is 23.0 Å². The van der Waals surface area contributed by atoms with Crippen LogP contribution in [0.3, 0.4) is 0 Å².